The first-order valence-electron chi connectivity index (χ1n) is 7.46. The fourth-order valence-electron chi connectivity index (χ4n) is 2.85. The van der Waals surface area contributed by atoms with Crippen LogP contribution in [0.3, 0.4) is 0 Å². The molecule has 21 heavy (non-hydrogen) atoms. The number of piperazine rings is 1. The summed E-state index contributed by atoms with van der Waals surface area (Å²) >= 11 is 0. The van der Waals surface area contributed by atoms with Gasteiger partial charge in [0.25, 0.3) is 5.91 Å². The molecule has 0 spiro atoms. The van der Waals surface area contributed by atoms with Gasteiger partial charge in [0.05, 0.1) is 17.8 Å². The zero-order valence-electron chi connectivity index (χ0n) is 12.5. The van der Waals surface area contributed by atoms with Gasteiger partial charge in [0.2, 0.25) is 5.95 Å². The second kappa shape index (κ2) is 5.81. The van der Waals surface area contributed by atoms with Crippen LogP contribution in [0.4, 0.5) is 5.95 Å². The first-order chi connectivity index (χ1) is 10.2. The van der Waals surface area contributed by atoms with Crippen LogP contribution in [-0.4, -0.2) is 64.9 Å². The Kier molecular flexibility index (Phi) is 3.88. The van der Waals surface area contributed by atoms with E-state index < -0.39 is 0 Å². The number of amides is 1. The molecular weight excluding hydrogens is 266 g/mol. The Hall–Kier alpha value is -1.95. The summed E-state index contributed by atoms with van der Waals surface area (Å²) in [5.74, 6) is 0.755. The highest BCUT2D eigenvalue weighted by atomic mass is 16.2. The summed E-state index contributed by atoms with van der Waals surface area (Å²) in [6.07, 6.45) is 3.41. The maximum atomic E-state index is 12.1. The van der Waals surface area contributed by atoms with Gasteiger partial charge < -0.3 is 14.7 Å². The van der Waals surface area contributed by atoms with Crippen molar-refractivity contribution >= 4 is 11.9 Å². The minimum Gasteiger partial charge on any atom is -0.338 e. The van der Waals surface area contributed by atoms with E-state index in [1.165, 1.54) is 0 Å². The summed E-state index contributed by atoms with van der Waals surface area (Å²) < 4.78 is 0. The number of hydrogen-bond acceptors (Lipinski definition) is 5. The van der Waals surface area contributed by atoms with Crippen molar-refractivity contribution in [3.8, 4) is 0 Å². The molecule has 3 heterocycles. The number of hydrogen-bond donors (Lipinski definition) is 0. The summed E-state index contributed by atoms with van der Waals surface area (Å²) in [4.78, 5) is 27.5. The highest BCUT2D eigenvalue weighted by molar-refractivity contribution is 5.97. The van der Waals surface area contributed by atoms with Crippen LogP contribution in [0.15, 0.2) is 18.9 Å². The summed E-state index contributed by atoms with van der Waals surface area (Å²) in [6.45, 7) is 12.0. The predicted molar refractivity (Wildman–Crippen MR) is 81.3 cm³/mol. The van der Waals surface area contributed by atoms with Crippen LogP contribution in [0.5, 0.6) is 0 Å². The summed E-state index contributed by atoms with van der Waals surface area (Å²) in [7, 11) is 0. The van der Waals surface area contributed by atoms with Crippen molar-refractivity contribution in [1.29, 1.82) is 0 Å². The third-order valence-electron chi connectivity index (χ3n) is 4.17. The van der Waals surface area contributed by atoms with E-state index in [0.29, 0.717) is 18.7 Å². The Bertz CT molecular complexity index is 551. The predicted octanol–water partition coefficient (Wildman–Crippen LogP) is 0.760. The molecule has 1 fully saturated rings. The maximum absolute atomic E-state index is 12.1. The van der Waals surface area contributed by atoms with Crippen molar-refractivity contribution in [2.45, 2.75) is 13.5 Å². The van der Waals surface area contributed by atoms with E-state index in [4.69, 9.17) is 0 Å². The molecule has 1 saturated heterocycles. The Morgan fingerprint density at radius 3 is 2.76 bits per heavy atom. The van der Waals surface area contributed by atoms with Crippen LogP contribution < -0.4 is 4.90 Å². The van der Waals surface area contributed by atoms with Crippen molar-refractivity contribution in [3.63, 3.8) is 0 Å². The Labute approximate surface area is 125 Å². The van der Waals surface area contributed by atoms with Crippen LogP contribution in [0, 0.1) is 0 Å². The van der Waals surface area contributed by atoms with E-state index in [9.17, 15) is 4.79 Å². The van der Waals surface area contributed by atoms with Crippen LogP contribution in [-0.2, 0) is 6.54 Å². The third-order valence-corrected chi connectivity index (χ3v) is 4.17. The lowest BCUT2D eigenvalue weighted by Crippen LogP contribution is -2.46. The van der Waals surface area contributed by atoms with E-state index in [0.717, 1.165) is 44.4 Å². The largest absolute Gasteiger partial charge is 0.338 e. The number of carbonyl (C=O) groups excluding carboxylic acids is 1. The Morgan fingerprint density at radius 1 is 1.33 bits per heavy atom. The maximum Gasteiger partial charge on any atom is 0.257 e. The normalized spacial score (nSPS) is 19.0. The molecule has 0 aliphatic carbocycles. The van der Waals surface area contributed by atoms with Crippen LogP contribution in [0.2, 0.25) is 0 Å². The zero-order chi connectivity index (χ0) is 14.8. The zero-order valence-corrected chi connectivity index (χ0v) is 12.5. The van der Waals surface area contributed by atoms with Crippen molar-refractivity contribution in [1.82, 2.24) is 19.8 Å². The topological polar surface area (TPSA) is 52.6 Å². The van der Waals surface area contributed by atoms with Crippen molar-refractivity contribution < 1.29 is 4.79 Å². The monoisotopic (exact) mass is 287 g/mol. The van der Waals surface area contributed by atoms with Gasteiger partial charge in [0.1, 0.15) is 0 Å². The molecule has 0 bridgehead atoms. The first kappa shape index (κ1) is 14.0. The van der Waals surface area contributed by atoms with E-state index in [2.05, 4.69) is 33.3 Å². The van der Waals surface area contributed by atoms with Gasteiger partial charge in [-0.1, -0.05) is 13.0 Å². The molecule has 2 aliphatic rings. The molecule has 112 valence electrons. The van der Waals surface area contributed by atoms with Gasteiger partial charge in [-0.05, 0) is 6.54 Å². The van der Waals surface area contributed by atoms with Gasteiger partial charge in [-0.25, -0.2) is 9.97 Å². The standard InChI is InChI=1S/C15H21N5O/c1-3-5-20-11-13-12(14(20)21)10-16-15(17-13)19-8-6-18(4-2)7-9-19/h3,10H,1,4-9,11H2,2H3. The minimum absolute atomic E-state index is 0.00672. The van der Waals surface area contributed by atoms with E-state index in [1.807, 2.05) is 0 Å². The third kappa shape index (κ3) is 2.63. The van der Waals surface area contributed by atoms with Gasteiger partial charge in [-0.2, -0.15) is 0 Å². The van der Waals surface area contributed by atoms with E-state index >= 15 is 0 Å². The SMILES string of the molecule is C=CCN1Cc2nc(N3CCN(CC)CC3)ncc2C1=O. The smallest absolute Gasteiger partial charge is 0.257 e. The first-order valence-corrected chi connectivity index (χ1v) is 7.46. The fourth-order valence-corrected chi connectivity index (χ4v) is 2.85. The Morgan fingerprint density at radius 2 is 2.10 bits per heavy atom. The van der Waals surface area contributed by atoms with Gasteiger partial charge in [0, 0.05) is 38.9 Å². The lowest BCUT2D eigenvalue weighted by atomic mass is 10.2. The summed E-state index contributed by atoms with van der Waals surface area (Å²) in [6, 6.07) is 0. The van der Waals surface area contributed by atoms with Gasteiger partial charge in [0.15, 0.2) is 0 Å². The molecule has 6 heteroatoms. The highest BCUT2D eigenvalue weighted by Crippen LogP contribution is 2.22. The molecule has 0 atom stereocenters. The molecule has 2 aliphatic heterocycles. The van der Waals surface area contributed by atoms with Crippen LogP contribution in [0.25, 0.3) is 0 Å². The lowest BCUT2D eigenvalue weighted by Gasteiger charge is -2.34. The van der Waals surface area contributed by atoms with Crippen molar-refractivity contribution in [2.75, 3.05) is 44.2 Å². The van der Waals surface area contributed by atoms with E-state index in [-0.39, 0.29) is 5.91 Å². The number of carbonyl (C=O) groups is 1. The summed E-state index contributed by atoms with van der Waals surface area (Å²) in [5, 5.41) is 0. The number of anilines is 1. The molecular formula is C15H21N5O. The van der Waals surface area contributed by atoms with Crippen LogP contribution >= 0.6 is 0 Å². The van der Waals surface area contributed by atoms with Gasteiger partial charge in [-0.3, -0.25) is 4.79 Å². The van der Waals surface area contributed by atoms with Crippen molar-refractivity contribution in [3.05, 3.63) is 30.1 Å². The molecule has 3 rings (SSSR count). The quantitative estimate of drug-likeness (QED) is 0.765. The number of likely N-dealkylation sites (N-methyl/N-ethyl adjacent to an activating group) is 1. The van der Waals surface area contributed by atoms with Crippen molar-refractivity contribution in [2.24, 2.45) is 0 Å². The average Bonchev–Trinajstić information content (AvgIpc) is 2.84. The summed E-state index contributed by atoms with van der Waals surface area (Å²) in [5.41, 5.74) is 1.47. The molecule has 6 nitrogen and oxygen atoms in total. The molecule has 1 amide bonds. The minimum atomic E-state index is 0.00672. The number of nitrogens with zero attached hydrogens (tertiary/aromatic N) is 5. The molecule has 0 N–H and O–H groups in total. The number of rotatable bonds is 4. The molecule has 0 aromatic carbocycles. The molecule has 0 saturated carbocycles. The van der Waals surface area contributed by atoms with Gasteiger partial charge >= 0.3 is 0 Å². The molecule has 1 aromatic heterocycles. The number of aromatic nitrogens is 2. The van der Waals surface area contributed by atoms with E-state index in [1.54, 1.807) is 17.2 Å². The highest BCUT2D eigenvalue weighted by Gasteiger charge is 2.29. The molecule has 1 aromatic rings. The molecule has 0 unspecified atom stereocenters. The van der Waals surface area contributed by atoms with Crippen LogP contribution in [0.1, 0.15) is 23.0 Å². The molecule has 0 radical (unpaired) electrons. The lowest BCUT2D eigenvalue weighted by molar-refractivity contribution is 0.0796. The Balaban J connectivity index is 1.75. The second-order valence-electron chi connectivity index (χ2n) is 5.43. The fraction of sp³-hybridized carbons (Fsp3) is 0.533. The number of fused-ring (bicyclic) bond motifs is 1. The average molecular weight is 287 g/mol. The van der Waals surface area contributed by atoms with Gasteiger partial charge in [-0.15, -0.1) is 6.58 Å². The second-order valence-corrected chi connectivity index (χ2v) is 5.43.